The van der Waals surface area contributed by atoms with Crippen LogP contribution in [0.3, 0.4) is 0 Å². The number of nitrogens with one attached hydrogen (secondary N) is 2. The maximum absolute atomic E-state index is 13.7. The number of piperazine rings is 1. The van der Waals surface area contributed by atoms with Crippen LogP contribution in [0.15, 0.2) is 42.5 Å². The third kappa shape index (κ3) is 6.11. The maximum Gasteiger partial charge on any atom is 0.308 e. The van der Waals surface area contributed by atoms with Gasteiger partial charge >= 0.3 is 5.97 Å². The van der Waals surface area contributed by atoms with Gasteiger partial charge in [-0.25, -0.2) is 0 Å². The number of nitrogens with zero attached hydrogens (tertiary/aromatic N) is 3. The van der Waals surface area contributed by atoms with E-state index in [1.165, 1.54) is 20.1 Å². The number of carbonyl (C=O) groups excluding carboxylic acids is 3. The molecule has 13 heteroatoms. The minimum absolute atomic E-state index is 0.0260. The SMILES string of the molecule is COc1c(C)cc2c(c1O)[C@@H]1C3Cc4c(OC(C)=O)c(C)c5c(c4[C@H](CNC(=O)[C@H](C)NC(=O)/C=C/c4ccccc4)N3[C@@H](C#N)[C@H](C2)N1C)OCO5. The van der Waals surface area contributed by atoms with Crippen molar-refractivity contribution in [3.63, 3.8) is 0 Å². The van der Waals surface area contributed by atoms with Crippen LogP contribution < -0.4 is 29.6 Å². The van der Waals surface area contributed by atoms with E-state index < -0.39 is 48.0 Å². The van der Waals surface area contributed by atoms with Crippen molar-refractivity contribution in [2.75, 3.05) is 27.5 Å². The first-order valence-corrected chi connectivity index (χ1v) is 17.7. The quantitative estimate of drug-likeness (QED) is 0.176. The largest absolute Gasteiger partial charge is 0.504 e. The number of aromatic hydroxyl groups is 1. The van der Waals surface area contributed by atoms with Gasteiger partial charge in [0.25, 0.3) is 0 Å². The van der Waals surface area contributed by atoms with Crippen LogP contribution in [0.2, 0.25) is 0 Å². The number of benzene rings is 3. The Bertz CT molecular complexity index is 2060. The normalized spacial score (nSPS) is 23.2. The van der Waals surface area contributed by atoms with Crippen molar-refractivity contribution >= 4 is 23.9 Å². The first kappa shape index (κ1) is 35.8. The Balaban J connectivity index is 1.30. The number of phenolic OH excluding ortho intramolecular Hbond substituents is 1. The van der Waals surface area contributed by atoms with Gasteiger partial charge in [-0.15, -0.1) is 0 Å². The number of methoxy groups -OCH3 is 1. The number of fused-ring (bicyclic) bond motifs is 9. The van der Waals surface area contributed by atoms with Gasteiger partial charge in [0.1, 0.15) is 17.8 Å². The van der Waals surface area contributed by atoms with E-state index in [1.54, 1.807) is 13.0 Å². The summed E-state index contributed by atoms with van der Waals surface area (Å²) in [5.74, 6) is 0.331. The van der Waals surface area contributed by atoms with Gasteiger partial charge in [0.05, 0.1) is 25.3 Å². The van der Waals surface area contributed by atoms with E-state index in [9.17, 15) is 24.8 Å². The Kier molecular flexibility index (Phi) is 9.52. The number of rotatable bonds is 8. The maximum atomic E-state index is 13.7. The summed E-state index contributed by atoms with van der Waals surface area (Å²) in [7, 11) is 3.49. The topological polar surface area (TPSA) is 163 Å². The summed E-state index contributed by atoms with van der Waals surface area (Å²) in [4.78, 5) is 43.3. The zero-order chi connectivity index (χ0) is 37.7. The Labute approximate surface area is 308 Å². The second-order valence-corrected chi connectivity index (χ2v) is 14.1. The van der Waals surface area contributed by atoms with Crippen molar-refractivity contribution in [1.82, 2.24) is 20.4 Å². The number of carbonyl (C=O) groups is 3. The van der Waals surface area contributed by atoms with Gasteiger partial charge in [0, 0.05) is 53.9 Å². The fourth-order valence-electron chi connectivity index (χ4n) is 8.72. The molecule has 1 saturated heterocycles. The van der Waals surface area contributed by atoms with Crippen LogP contribution >= 0.6 is 0 Å². The highest BCUT2D eigenvalue weighted by molar-refractivity contribution is 5.95. The Morgan fingerprint density at radius 3 is 2.53 bits per heavy atom. The van der Waals surface area contributed by atoms with Crippen molar-refractivity contribution in [3.05, 3.63) is 81.4 Å². The average molecular weight is 722 g/mol. The second-order valence-electron chi connectivity index (χ2n) is 14.1. The molecule has 53 heavy (non-hydrogen) atoms. The number of hydrogen-bond acceptors (Lipinski definition) is 11. The third-order valence-corrected chi connectivity index (χ3v) is 11.0. The zero-order valence-electron chi connectivity index (χ0n) is 30.6. The number of likely N-dealkylation sites (N-methyl/N-ethyl adjacent to an activating group) is 1. The highest BCUT2D eigenvalue weighted by Crippen LogP contribution is 2.58. The van der Waals surface area contributed by atoms with Crippen LogP contribution in [-0.4, -0.2) is 84.4 Å². The lowest BCUT2D eigenvalue weighted by atomic mass is 9.71. The highest BCUT2D eigenvalue weighted by Gasteiger charge is 2.57. The van der Waals surface area contributed by atoms with Gasteiger partial charge in [-0.2, -0.15) is 5.26 Å². The molecule has 0 radical (unpaired) electrons. The van der Waals surface area contributed by atoms with Gasteiger partial charge in [-0.1, -0.05) is 36.4 Å². The van der Waals surface area contributed by atoms with Gasteiger partial charge in [-0.05, 0) is 63.4 Å². The number of hydrogen-bond donors (Lipinski definition) is 3. The molecule has 3 N–H and O–H groups in total. The van der Waals surface area contributed by atoms with E-state index >= 15 is 0 Å². The predicted octanol–water partition coefficient (Wildman–Crippen LogP) is 3.78. The number of esters is 1. The molecule has 0 aromatic heterocycles. The molecule has 3 aromatic carbocycles. The molecule has 4 heterocycles. The summed E-state index contributed by atoms with van der Waals surface area (Å²) in [6.07, 6.45) is 3.88. The number of ether oxygens (including phenoxy) is 4. The molecule has 2 amide bonds. The molecule has 7 rings (SSSR count). The van der Waals surface area contributed by atoms with Crippen LogP contribution in [0, 0.1) is 25.2 Å². The van der Waals surface area contributed by atoms with Crippen molar-refractivity contribution in [2.45, 2.75) is 76.8 Å². The van der Waals surface area contributed by atoms with E-state index in [4.69, 9.17) is 18.9 Å². The van der Waals surface area contributed by atoms with Gasteiger partial charge in [0.2, 0.25) is 18.6 Å². The Hall–Kier alpha value is -5.58. The number of phenols is 1. The number of aryl methyl sites for hydroxylation is 1. The summed E-state index contributed by atoms with van der Waals surface area (Å²) in [5, 5.41) is 28.4. The molecule has 4 aliphatic rings. The minimum atomic E-state index is -0.889. The van der Waals surface area contributed by atoms with E-state index in [1.807, 2.05) is 57.3 Å². The molecule has 4 aliphatic heterocycles. The predicted molar refractivity (Wildman–Crippen MR) is 194 cm³/mol. The molecular formula is C40H43N5O8. The van der Waals surface area contributed by atoms with Crippen molar-refractivity contribution in [3.8, 4) is 34.8 Å². The van der Waals surface area contributed by atoms with Crippen LogP contribution in [0.1, 0.15) is 64.9 Å². The van der Waals surface area contributed by atoms with E-state index in [0.717, 1.165) is 22.3 Å². The first-order valence-electron chi connectivity index (χ1n) is 17.7. The van der Waals surface area contributed by atoms with E-state index in [0.29, 0.717) is 52.5 Å². The van der Waals surface area contributed by atoms with E-state index in [-0.39, 0.29) is 25.1 Å². The summed E-state index contributed by atoms with van der Waals surface area (Å²) >= 11 is 0. The molecule has 0 saturated carbocycles. The van der Waals surface area contributed by atoms with Crippen LogP contribution in [0.4, 0.5) is 0 Å². The lowest BCUT2D eigenvalue weighted by Gasteiger charge is -2.60. The smallest absolute Gasteiger partial charge is 0.308 e. The lowest BCUT2D eigenvalue weighted by Crippen LogP contribution is -2.69. The lowest BCUT2D eigenvalue weighted by molar-refractivity contribution is -0.132. The Morgan fingerprint density at radius 1 is 1.09 bits per heavy atom. The van der Waals surface area contributed by atoms with Gasteiger partial charge < -0.3 is 34.7 Å². The fourth-order valence-corrected chi connectivity index (χ4v) is 8.72. The summed E-state index contributed by atoms with van der Waals surface area (Å²) in [6.45, 7) is 6.61. The first-order chi connectivity index (χ1) is 25.4. The molecule has 276 valence electrons. The summed E-state index contributed by atoms with van der Waals surface area (Å²) in [6, 6.07) is 10.7. The monoisotopic (exact) mass is 721 g/mol. The fraction of sp³-hybridized carbons (Fsp3) is 0.400. The van der Waals surface area contributed by atoms with Crippen LogP contribution in [0.25, 0.3) is 6.08 Å². The molecule has 13 nitrogen and oxygen atoms in total. The van der Waals surface area contributed by atoms with Gasteiger partial charge in [-0.3, -0.25) is 24.2 Å². The zero-order valence-corrected chi connectivity index (χ0v) is 30.6. The average Bonchev–Trinajstić information content (AvgIpc) is 3.62. The summed E-state index contributed by atoms with van der Waals surface area (Å²) < 4.78 is 23.6. The van der Waals surface area contributed by atoms with Crippen molar-refractivity contribution in [1.29, 1.82) is 5.26 Å². The molecule has 1 unspecified atom stereocenters. The molecule has 6 atom stereocenters. The Morgan fingerprint density at radius 2 is 1.83 bits per heavy atom. The summed E-state index contributed by atoms with van der Waals surface area (Å²) in [5.41, 5.74) is 5.26. The molecule has 3 aromatic rings. The van der Waals surface area contributed by atoms with Crippen molar-refractivity contribution < 1.29 is 38.4 Å². The number of amides is 2. The van der Waals surface area contributed by atoms with Crippen LogP contribution in [0.5, 0.6) is 28.7 Å². The van der Waals surface area contributed by atoms with Crippen molar-refractivity contribution in [2.24, 2.45) is 0 Å². The van der Waals surface area contributed by atoms with E-state index in [2.05, 4.69) is 26.5 Å². The minimum Gasteiger partial charge on any atom is -0.504 e. The standard InChI is InChI=1S/C40H43N5O8/c1-20-14-25-15-27-29(17-41)45-28(34(44(27)5)32(25)35(48)36(20)50-6)16-26-33(39-38(51-19-52-39)21(2)37(26)53-23(4)46)30(45)18-42-40(49)22(3)43-31(47)13-12-24-10-8-7-9-11-24/h7-14,22,27-30,34,48H,15-16,18-19H2,1-6H3,(H,42,49)(H,43,47)/b13-12+/t22-,27-,28?,29-,30-,34-/m0/s1. The molecule has 1 fully saturated rings. The third-order valence-electron chi connectivity index (χ3n) is 11.0. The van der Waals surface area contributed by atoms with Crippen LogP contribution in [-0.2, 0) is 27.2 Å². The molecule has 2 bridgehead atoms. The molecule has 0 aliphatic carbocycles. The second kappa shape index (κ2) is 14.1. The highest BCUT2D eigenvalue weighted by atomic mass is 16.7. The van der Waals surface area contributed by atoms with Gasteiger partial charge in [0.15, 0.2) is 23.0 Å². The molecular weight excluding hydrogens is 678 g/mol. The number of nitriles is 1. The molecule has 0 spiro atoms.